The number of aromatic amines is 1. The van der Waals surface area contributed by atoms with E-state index in [1.54, 1.807) is 39.3 Å². The van der Waals surface area contributed by atoms with Crippen LogP contribution < -0.4 is 5.73 Å². The van der Waals surface area contributed by atoms with Crippen molar-refractivity contribution in [3.8, 4) is 0 Å². The number of rotatable bonds is 3. The second-order valence-corrected chi connectivity index (χ2v) is 4.83. The molecule has 0 spiro atoms. The Morgan fingerprint density at radius 1 is 1.30 bits per heavy atom. The summed E-state index contributed by atoms with van der Waals surface area (Å²) in [5, 5.41) is 7.44. The normalized spacial score (nSPS) is 10.6. The van der Waals surface area contributed by atoms with Crippen molar-refractivity contribution in [3.63, 3.8) is 0 Å². The van der Waals surface area contributed by atoms with Crippen LogP contribution in [0.4, 0.5) is 5.69 Å². The summed E-state index contributed by atoms with van der Waals surface area (Å²) in [4.78, 5) is 26.7. The lowest BCUT2D eigenvalue weighted by atomic mass is 10.2. The van der Waals surface area contributed by atoms with E-state index in [0.717, 1.165) is 5.52 Å². The van der Waals surface area contributed by atoms with Gasteiger partial charge in [-0.15, -0.1) is 0 Å². The molecule has 106 valence electrons. The molecule has 3 N–H and O–H groups in total. The van der Waals surface area contributed by atoms with Gasteiger partial charge in [0.05, 0.1) is 12.1 Å². The molecule has 0 aliphatic rings. The molecular weight excluding hydrogens is 258 g/mol. The van der Waals surface area contributed by atoms with Crippen molar-refractivity contribution >= 4 is 28.4 Å². The van der Waals surface area contributed by atoms with Crippen LogP contribution in [0.5, 0.6) is 0 Å². The first-order valence-electron chi connectivity index (χ1n) is 6.09. The van der Waals surface area contributed by atoms with E-state index in [4.69, 9.17) is 5.73 Å². The van der Waals surface area contributed by atoms with Crippen LogP contribution in [0.15, 0.2) is 18.2 Å². The fourth-order valence-electron chi connectivity index (χ4n) is 1.79. The molecule has 0 saturated heterocycles. The molecule has 1 aromatic carbocycles. The van der Waals surface area contributed by atoms with Crippen molar-refractivity contribution in [1.29, 1.82) is 0 Å². The summed E-state index contributed by atoms with van der Waals surface area (Å²) >= 11 is 0. The average molecular weight is 275 g/mol. The molecule has 2 amide bonds. The Bertz CT molecular complexity index is 662. The molecule has 0 radical (unpaired) electrons. The second-order valence-electron chi connectivity index (χ2n) is 4.83. The van der Waals surface area contributed by atoms with Crippen molar-refractivity contribution < 1.29 is 9.59 Å². The Kier molecular flexibility index (Phi) is 3.60. The van der Waals surface area contributed by atoms with Gasteiger partial charge in [-0.05, 0) is 18.2 Å². The second kappa shape index (κ2) is 5.20. The zero-order chi connectivity index (χ0) is 14.9. The van der Waals surface area contributed by atoms with Gasteiger partial charge in [-0.25, -0.2) is 0 Å². The first-order valence-corrected chi connectivity index (χ1v) is 6.09. The van der Waals surface area contributed by atoms with Crippen LogP contribution in [0.2, 0.25) is 0 Å². The molecule has 7 heteroatoms. The number of nitrogen functional groups attached to an aromatic ring is 1. The van der Waals surface area contributed by atoms with E-state index in [2.05, 4.69) is 10.2 Å². The van der Waals surface area contributed by atoms with Gasteiger partial charge in [-0.3, -0.25) is 14.7 Å². The molecule has 7 nitrogen and oxygen atoms in total. The summed E-state index contributed by atoms with van der Waals surface area (Å²) in [5.74, 6) is -0.475. The molecule has 0 aliphatic carbocycles. The summed E-state index contributed by atoms with van der Waals surface area (Å²) in [6, 6.07) is 5.18. The monoisotopic (exact) mass is 275 g/mol. The van der Waals surface area contributed by atoms with Gasteiger partial charge >= 0.3 is 0 Å². The van der Waals surface area contributed by atoms with E-state index in [9.17, 15) is 9.59 Å². The minimum absolute atomic E-state index is 0.00248. The first-order chi connectivity index (χ1) is 9.40. The molecule has 2 rings (SSSR count). The quantitative estimate of drug-likeness (QED) is 0.788. The highest BCUT2D eigenvalue weighted by Gasteiger charge is 2.20. The third kappa shape index (κ3) is 2.56. The van der Waals surface area contributed by atoms with Crippen molar-refractivity contribution in [2.75, 3.05) is 33.4 Å². The zero-order valence-electron chi connectivity index (χ0n) is 11.7. The minimum Gasteiger partial charge on any atom is -0.399 e. The summed E-state index contributed by atoms with van der Waals surface area (Å²) in [6.07, 6.45) is 0. The molecular formula is C13H17N5O2. The van der Waals surface area contributed by atoms with Crippen LogP contribution in [0, 0.1) is 0 Å². The molecule has 0 fully saturated rings. The van der Waals surface area contributed by atoms with Gasteiger partial charge in [0.25, 0.3) is 5.91 Å². The Balaban J connectivity index is 2.27. The summed E-state index contributed by atoms with van der Waals surface area (Å²) < 4.78 is 0. The van der Waals surface area contributed by atoms with Crippen molar-refractivity contribution in [1.82, 2.24) is 20.0 Å². The van der Waals surface area contributed by atoms with Crippen molar-refractivity contribution in [3.05, 3.63) is 23.9 Å². The van der Waals surface area contributed by atoms with Gasteiger partial charge in [-0.1, -0.05) is 0 Å². The largest absolute Gasteiger partial charge is 0.399 e. The van der Waals surface area contributed by atoms with Crippen LogP contribution >= 0.6 is 0 Å². The molecule has 0 atom stereocenters. The smallest absolute Gasteiger partial charge is 0.275 e. The van der Waals surface area contributed by atoms with E-state index in [1.807, 2.05) is 0 Å². The Hall–Kier alpha value is -2.57. The predicted molar refractivity (Wildman–Crippen MR) is 76.2 cm³/mol. The number of anilines is 1. The number of carbonyl (C=O) groups excluding carboxylic acids is 2. The van der Waals surface area contributed by atoms with Gasteiger partial charge in [-0.2, -0.15) is 5.10 Å². The first kappa shape index (κ1) is 13.9. The summed E-state index contributed by atoms with van der Waals surface area (Å²) in [5.41, 5.74) is 7.27. The van der Waals surface area contributed by atoms with Crippen molar-refractivity contribution in [2.24, 2.45) is 0 Å². The highest BCUT2D eigenvalue weighted by atomic mass is 16.2. The molecule has 1 heterocycles. The van der Waals surface area contributed by atoms with Crippen LogP contribution in [-0.2, 0) is 4.79 Å². The van der Waals surface area contributed by atoms with E-state index in [0.29, 0.717) is 11.1 Å². The van der Waals surface area contributed by atoms with E-state index in [1.165, 1.54) is 9.80 Å². The molecule has 0 aliphatic heterocycles. The third-order valence-electron chi connectivity index (χ3n) is 3.01. The van der Waals surface area contributed by atoms with Crippen LogP contribution in [0.1, 0.15) is 10.5 Å². The Morgan fingerprint density at radius 3 is 2.65 bits per heavy atom. The Morgan fingerprint density at radius 2 is 2.00 bits per heavy atom. The van der Waals surface area contributed by atoms with E-state index in [-0.39, 0.29) is 24.1 Å². The number of nitrogens with two attached hydrogens (primary N) is 1. The van der Waals surface area contributed by atoms with Gasteiger partial charge < -0.3 is 15.5 Å². The van der Waals surface area contributed by atoms with Crippen molar-refractivity contribution in [2.45, 2.75) is 0 Å². The van der Waals surface area contributed by atoms with Gasteiger partial charge in [0.2, 0.25) is 5.91 Å². The third-order valence-corrected chi connectivity index (χ3v) is 3.01. The maximum absolute atomic E-state index is 12.3. The number of likely N-dealkylation sites (N-methyl/N-ethyl adjacent to an activating group) is 2. The number of carbonyl (C=O) groups is 2. The zero-order valence-corrected chi connectivity index (χ0v) is 11.7. The number of aromatic nitrogens is 2. The number of hydrogen-bond donors (Lipinski definition) is 2. The number of H-pyrrole nitrogens is 1. The van der Waals surface area contributed by atoms with Gasteiger partial charge in [0, 0.05) is 32.2 Å². The standard InChI is InChI=1S/C13H17N5O2/c1-17(2)11(19)7-18(3)13(20)12-9-6-8(14)4-5-10(9)15-16-12/h4-6H,7,14H2,1-3H3,(H,15,16). The number of hydrogen-bond acceptors (Lipinski definition) is 4. The molecule has 0 bridgehead atoms. The van der Waals surface area contributed by atoms with Crippen LogP contribution in [0.3, 0.4) is 0 Å². The number of amides is 2. The predicted octanol–water partition coefficient (Wildman–Crippen LogP) is 0.305. The maximum Gasteiger partial charge on any atom is 0.275 e. The summed E-state index contributed by atoms with van der Waals surface area (Å²) in [7, 11) is 4.85. The molecule has 2 aromatic rings. The highest BCUT2D eigenvalue weighted by Crippen LogP contribution is 2.19. The molecule has 0 unspecified atom stereocenters. The fourth-order valence-corrected chi connectivity index (χ4v) is 1.79. The van der Waals surface area contributed by atoms with E-state index < -0.39 is 0 Å². The number of nitrogens with zero attached hydrogens (tertiary/aromatic N) is 3. The Labute approximate surface area is 116 Å². The highest BCUT2D eigenvalue weighted by molar-refractivity contribution is 6.06. The lowest BCUT2D eigenvalue weighted by molar-refractivity contribution is -0.129. The molecule has 1 aromatic heterocycles. The number of benzene rings is 1. The van der Waals surface area contributed by atoms with E-state index >= 15 is 0 Å². The van der Waals surface area contributed by atoms with Crippen LogP contribution in [0.25, 0.3) is 10.9 Å². The lowest BCUT2D eigenvalue weighted by Gasteiger charge is -2.18. The fraction of sp³-hybridized carbons (Fsp3) is 0.308. The lowest BCUT2D eigenvalue weighted by Crippen LogP contribution is -2.38. The van der Waals surface area contributed by atoms with Gasteiger partial charge in [0.1, 0.15) is 0 Å². The topological polar surface area (TPSA) is 95.3 Å². The number of fused-ring (bicyclic) bond motifs is 1. The SMILES string of the molecule is CN(C)C(=O)CN(C)C(=O)c1n[nH]c2ccc(N)cc12. The van der Waals surface area contributed by atoms with Gasteiger partial charge in [0.15, 0.2) is 5.69 Å². The molecule has 0 saturated carbocycles. The molecule has 20 heavy (non-hydrogen) atoms. The average Bonchev–Trinajstić information content (AvgIpc) is 2.80. The maximum atomic E-state index is 12.3. The minimum atomic E-state index is -0.322. The van der Waals surface area contributed by atoms with Crippen LogP contribution in [-0.4, -0.2) is 59.5 Å². The number of nitrogens with one attached hydrogen (secondary N) is 1. The summed E-state index contributed by atoms with van der Waals surface area (Å²) in [6.45, 7) is 0.00248.